The molecular formula is C51H48N2S. The van der Waals surface area contributed by atoms with E-state index < -0.39 is 0 Å². The van der Waals surface area contributed by atoms with Crippen molar-refractivity contribution in [3.8, 4) is 33.4 Å². The first-order valence-electron chi connectivity index (χ1n) is 20.5. The van der Waals surface area contributed by atoms with Crippen molar-refractivity contribution in [2.75, 3.05) is 36.0 Å². The van der Waals surface area contributed by atoms with Gasteiger partial charge in [-0.25, -0.2) is 0 Å². The fraction of sp³-hybridized carbons (Fsp3) is 0.294. The molecule has 6 aromatic carbocycles. The second-order valence-corrected chi connectivity index (χ2v) is 18.0. The van der Waals surface area contributed by atoms with Crippen LogP contribution in [0.2, 0.25) is 0 Å². The lowest BCUT2D eigenvalue weighted by molar-refractivity contribution is 0.578. The summed E-state index contributed by atoms with van der Waals surface area (Å²) in [5.74, 6) is 0. The van der Waals surface area contributed by atoms with Gasteiger partial charge in [0.25, 0.3) is 0 Å². The van der Waals surface area contributed by atoms with E-state index in [9.17, 15) is 0 Å². The quantitative estimate of drug-likeness (QED) is 0.167. The molecule has 0 atom stereocenters. The van der Waals surface area contributed by atoms with E-state index in [-0.39, 0.29) is 5.41 Å². The Morgan fingerprint density at radius 1 is 0.537 bits per heavy atom. The van der Waals surface area contributed by atoms with Gasteiger partial charge in [-0.3, -0.25) is 0 Å². The number of nitrogens with zero attached hydrogens (tertiary/aromatic N) is 2. The van der Waals surface area contributed by atoms with Gasteiger partial charge < -0.3 is 9.80 Å². The van der Waals surface area contributed by atoms with Gasteiger partial charge in [0.2, 0.25) is 0 Å². The Hall–Kier alpha value is -4.86. The van der Waals surface area contributed by atoms with Gasteiger partial charge in [0, 0.05) is 57.9 Å². The summed E-state index contributed by atoms with van der Waals surface area (Å²) in [5, 5.41) is 6.86. The Morgan fingerprint density at radius 3 is 1.83 bits per heavy atom. The topological polar surface area (TPSA) is 6.48 Å². The summed E-state index contributed by atoms with van der Waals surface area (Å²) in [6, 6.07) is 38.7. The molecule has 54 heavy (non-hydrogen) atoms. The van der Waals surface area contributed by atoms with Crippen LogP contribution in [-0.2, 0) is 11.8 Å². The van der Waals surface area contributed by atoms with Crippen molar-refractivity contribution < 1.29 is 0 Å². The molecule has 2 saturated heterocycles. The Balaban J connectivity index is 1.22. The number of fused-ring (bicyclic) bond motifs is 8. The maximum absolute atomic E-state index is 2.63. The molecule has 0 bridgehead atoms. The summed E-state index contributed by atoms with van der Waals surface area (Å²) in [6.45, 7) is 9.38. The van der Waals surface area contributed by atoms with Crippen LogP contribution < -0.4 is 9.80 Å². The molecule has 0 unspecified atom stereocenters. The van der Waals surface area contributed by atoms with Crippen molar-refractivity contribution in [2.24, 2.45) is 0 Å². The van der Waals surface area contributed by atoms with Crippen LogP contribution in [0.15, 0.2) is 103 Å². The lowest BCUT2D eigenvalue weighted by atomic mass is 9.80. The molecule has 11 rings (SSSR count). The Labute approximate surface area is 323 Å². The third-order valence-electron chi connectivity index (χ3n) is 13.3. The summed E-state index contributed by atoms with van der Waals surface area (Å²) in [7, 11) is 0. The first kappa shape index (κ1) is 32.6. The maximum Gasteiger partial charge on any atom is 0.0372 e. The molecule has 1 aromatic heterocycles. The third kappa shape index (κ3) is 5.04. The number of allylic oxidation sites excluding steroid dienone is 1. The minimum atomic E-state index is -0.0581. The second-order valence-electron chi connectivity index (χ2n) is 16.8. The van der Waals surface area contributed by atoms with Crippen molar-refractivity contribution in [1.29, 1.82) is 0 Å². The van der Waals surface area contributed by atoms with Crippen LogP contribution in [0.25, 0.3) is 71.1 Å². The van der Waals surface area contributed by atoms with Gasteiger partial charge in [-0.15, -0.1) is 11.3 Å². The first-order chi connectivity index (χ1) is 26.5. The predicted octanol–water partition coefficient (Wildman–Crippen LogP) is 13.8. The predicted molar refractivity (Wildman–Crippen MR) is 235 cm³/mol. The molecule has 2 fully saturated rings. The summed E-state index contributed by atoms with van der Waals surface area (Å²) >= 11 is 1.99. The molecular weight excluding hydrogens is 673 g/mol. The second kappa shape index (κ2) is 12.6. The van der Waals surface area contributed by atoms with Crippen LogP contribution in [0.1, 0.15) is 80.4 Å². The minimum absolute atomic E-state index is 0.0581. The van der Waals surface area contributed by atoms with Gasteiger partial charge in [0.1, 0.15) is 0 Å². The standard InChI is InChI=1S/C51H48N2S/c1-51(2)45-15-7-5-13-37(45)38-21-17-34(30-46(38)51)50-41-23-20-35(52-25-9-3-10-26-52)31-43(41)49(40-22-19-36(32-44(40)50)53-27-11-4-12-28-53)33-18-24-48-42(29-33)39-14-6-8-16-47(39)54-48/h5-7,13-15,17-24,29-32H,3-4,8-12,16,25-28H2,1-2H3. The lowest BCUT2D eigenvalue weighted by Crippen LogP contribution is -2.29. The van der Waals surface area contributed by atoms with E-state index in [0.29, 0.717) is 0 Å². The van der Waals surface area contributed by atoms with Gasteiger partial charge in [0.05, 0.1) is 0 Å². The highest BCUT2D eigenvalue weighted by Crippen LogP contribution is 2.52. The first-order valence-corrected chi connectivity index (χ1v) is 21.4. The van der Waals surface area contributed by atoms with Gasteiger partial charge in [-0.05, 0) is 165 Å². The molecule has 4 aliphatic rings. The molecule has 3 heterocycles. The molecule has 268 valence electrons. The third-order valence-corrected chi connectivity index (χ3v) is 14.6. The van der Waals surface area contributed by atoms with Crippen molar-refractivity contribution in [3.05, 3.63) is 125 Å². The van der Waals surface area contributed by atoms with Crippen molar-refractivity contribution in [1.82, 2.24) is 0 Å². The van der Waals surface area contributed by atoms with Crippen LogP contribution >= 0.6 is 11.3 Å². The van der Waals surface area contributed by atoms with Gasteiger partial charge >= 0.3 is 0 Å². The Morgan fingerprint density at radius 2 is 1.15 bits per heavy atom. The number of piperidine rings is 2. The van der Waals surface area contributed by atoms with Gasteiger partial charge in [0.15, 0.2) is 0 Å². The molecule has 0 spiro atoms. The van der Waals surface area contributed by atoms with Crippen LogP contribution in [-0.4, -0.2) is 26.2 Å². The molecule has 0 saturated carbocycles. The smallest absolute Gasteiger partial charge is 0.0372 e. The monoisotopic (exact) mass is 720 g/mol. The normalized spacial score (nSPS) is 17.7. The largest absolute Gasteiger partial charge is 0.372 e. The van der Waals surface area contributed by atoms with Crippen molar-refractivity contribution >= 4 is 60.4 Å². The van der Waals surface area contributed by atoms with E-state index in [1.54, 1.807) is 0 Å². The number of aryl methyl sites for hydroxylation is 1. The van der Waals surface area contributed by atoms with E-state index >= 15 is 0 Å². The molecule has 0 N–H and O–H groups in total. The minimum Gasteiger partial charge on any atom is -0.372 e. The SMILES string of the molecule is CC1(C)c2ccccc2-c2ccc(-c3c4ccc(N5CCCCC5)cc4c(-c4ccc5sc6c(c5c4)C=CCC6)c4ccc(N5CCCCC5)cc34)cc21. The average molecular weight is 721 g/mol. The maximum atomic E-state index is 2.63. The van der Waals surface area contributed by atoms with E-state index in [1.807, 2.05) is 11.3 Å². The van der Waals surface area contributed by atoms with Crippen LogP contribution in [0.5, 0.6) is 0 Å². The fourth-order valence-electron chi connectivity index (χ4n) is 10.5. The number of rotatable bonds is 4. The highest BCUT2D eigenvalue weighted by Gasteiger charge is 2.35. The van der Waals surface area contributed by atoms with Crippen LogP contribution in [0, 0.1) is 0 Å². The molecule has 2 nitrogen and oxygen atoms in total. The number of anilines is 2. The zero-order valence-electron chi connectivity index (χ0n) is 31.7. The molecule has 0 amide bonds. The zero-order chi connectivity index (χ0) is 36.0. The van der Waals surface area contributed by atoms with E-state index in [1.165, 1.54) is 136 Å². The molecule has 0 radical (unpaired) electrons. The van der Waals surface area contributed by atoms with Crippen molar-refractivity contribution in [3.63, 3.8) is 0 Å². The molecule has 7 aromatic rings. The fourth-order valence-corrected chi connectivity index (χ4v) is 11.7. The highest BCUT2D eigenvalue weighted by molar-refractivity contribution is 7.19. The number of benzene rings is 6. The molecule has 3 heteroatoms. The summed E-state index contributed by atoms with van der Waals surface area (Å²) in [4.78, 5) is 6.80. The van der Waals surface area contributed by atoms with Gasteiger partial charge in [-0.2, -0.15) is 0 Å². The zero-order valence-corrected chi connectivity index (χ0v) is 32.5. The summed E-state index contributed by atoms with van der Waals surface area (Å²) in [5.41, 5.74) is 15.1. The Bertz CT molecular complexity index is 2660. The highest BCUT2D eigenvalue weighted by atomic mass is 32.1. The average Bonchev–Trinajstić information content (AvgIpc) is 3.71. The Kier molecular flexibility index (Phi) is 7.60. The number of hydrogen-bond donors (Lipinski definition) is 0. The molecule has 2 aliphatic carbocycles. The van der Waals surface area contributed by atoms with Crippen molar-refractivity contribution in [2.45, 2.75) is 70.6 Å². The number of hydrogen-bond acceptors (Lipinski definition) is 3. The van der Waals surface area contributed by atoms with Crippen LogP contribution in [0.4, 0.5) is 11.4 Å². The van der Waals surface area contributed by atoms with Crippen LogP contribution in [0.3, 0.4) is 0 Å². The molecule has 2 aliphatic heterocycles. The van der Waals surface area contributed by atoms with E-state index in [0.717, 1.165) is 39.0 Å². The van der Waals surface area contributed by atoms with Gasteiger partial charge in [-0.1, -0.05) is 80.6 Å². The lowest BCUT2D eigenvalue weighted by Gasteiger charge is -2.30. The number of thiophene rings is 1. The van der Waals surface area contributed by atoms with E-state index in [2.05, 4.69) is 133 Å². The van der Waals surface area contributed by atoms with E-state index in [4.69, 9.17) is 0 Å². The summed E-state index contributed by atoms with van der Waals surface area (Å²) in [6.07, 6.45) is 14.8. The summed E-state index contributed by atoms with van der Waals surface area (Å²) < 4.78 is 1.41.